The fraction of sp³-hybridized carbons (Fsp3) is 0. The van der Waals surface area contributed by atoms with Crippen molar-refractivity contribution in [1.29, 1.82) is 0 Å². The molecule has 0 spiro atoms. The first-order valence-electron chi connectivity index (χ1n) is 3.55. The van der Waals surface area contributed by atoms with Gasteiger partial charge in [0.25, 0.3) is 0 Å². The minimum Gasteiger partial charge on any atom is -0.200 e. The third-order valence-corrected chi connectivity index (χ3v) is 1.39. The van der Waals surface area contributed by atoms with Crippen molar-refractivity contribution in [3.05, 3.63) is 43.2 Å². The van der Waals surface area contributed by atoms with Crippen LogP contribution in [-0.2, 0) is 0 Å². The van der Waals surface area contributed by atoms with E-state index in [-0.39, 0.29) is 0 Å². The van der Waals surface area contributed by atoms with Crippen LogP contribution in [0, 0.1) is 0 Å². The van der Waals surface area contributed by atoms with E-state index in [1.165, 1.54) is 0 Å². The lowest BCUT2D eigenvalue weighted by Gasteiger charge is -1.91. The monoisotopic (exact) mass is 159 g/mol. The van der Waals surface area contributed by atoms with Gasteiger partial charge in [-0.15, -0.1) is 9.97 Å². The highest BCUT2D eigenvalue weighted by atomic mass is 15.1. The lowest BCUT2D eigenvalue weighted by Crippen LogP contribution is -2.32. The molecule has 0 saturated carbocycles. The van der Waals surface area contributed by atoms with Crippen LogP contribution in [0.25, 0.3) is 5.95 Å². The van der Waals surface area contributed by atoms with Crippen LogP contribution in [0.1, 0.15) is 0 Å². The normalized spacial score (nSPS) is 9.67. The molecule has 0 bridgehead atoms. The molecule has 0 N–H and O–H groups in total. The molecule has 0 aromatic carbocycles. The van der Waals surface area contributed by atoms with Crippen LogP contribution in [0.5, 0.6) is 0 Å². The Balaban J connectivity index is 2.46. The van der Waals surface area contributed by atoms with Crippen molar-refractivity contribution in [2.75, 3.05) is 0 Å². The van der Waals surface area contributed by atoms with Gasteiger partial charge in [0.05, 0.1) is 24.8 Å². The van der Waals surface area contributed by atoms with Crippen molar-refractivity contribution >= 4 is 0 Å². The SMILES string of the molecule is c1cnc(-[n+]2cccnc2)nc1. The van der Waals surface area contributed by atoms with E-state index in [0.717, 1.165) is 0 Å². The molecule has 0 aliphatic rings. The molecule has 0 aliphatic heterocycles. The molecular weight excluding hydrogens is 152 g/mol. The maximum absolute atomic E-state index is 4.06. The van der Waals surface area contributed by atoms with E-state index >= 15 is 0 Å². The van der Waals surface area contributed by atoms with Gasteiger partial charge < -0.3 is 0 Å². The minimum atomic E-state index is 0.630. The Morgan fingerprint density at radius 2 is 1.83 bits per heavy atom. The molecule has 0 saturated heterocycles. The summed E-state index contributed by atoms with van der Waals surface area (Å²) in [5.74, 6) is 0.630. The number of hydrogen-bond donors (Lipinski definition) is 0. The third kappa shape index (κ3) is 1.27. The van der Waals surface area contributed by atoms with Gasteiger partial charge in [-0.1, -0.05) is 0 Å². The van der Waals surface area contributed by atoms with E-state index in [2.05, 4.69) is 15.0 Å². The molecule has 0 radical (unpaired) electrons. The largest absolute Gasteiger partial charge is 0.388 e. The summed E-state index contributed by atoms with van der Waals surface area (Å²) in [6, 6.07) is 3.61. The molecule has 2 heterocycles. The second-order valence-electron chi connectivity index (χ2n) is 2.21. The van der Waals surface area contributed by atoms with Crippen molar-refractivity contribution in [3.8, 4) is 5.95 Å². The van der Waals surface area contributed by atoms with Crippen LogP contribution in [0.15, 0.2) is 43.2 Å². The van der Waals surface area contributed by atoms with Crippen molar-refractivity contribution in [2.45, 2.75) is 0 Å². The van der Waals surface area contributed by atoms with Crippen LogP contribution in [0.4, 0.5) is 0 Å². The fourth-order valence-corrected chi connectivity index (χ4v) is 0.873. The molecule has 0 unspecified atom stereocenters. The Kier molecular flexibility index (Phi) is 1.74. The average molecular weight is 159 g/mol. The second kappa shape index (κ2) is 3.04. The zero-order valence-electron chi connectivity index (χ0n) is 6.33. The van der Waals surface area contributed by atoms with Crippen molar-refractivity contribution in [1.82, 2.24) is 15.0 Å². The van der Waals surface area contributed by atoms with Gasteiger partial charge in [0.2, 0.25) is 0 Å². The first-order chi connectivity index (χ1) is 5.97. The summed E-state index contributed by atoms with van der Waals surface area (Å²) in [7, 11) is 0. The zero-order chi connectivity index (χ0) is 8.23. The van der Waals surface area contributed by atoms with Crippen LogP contribution in [0.2, 0.25) is 0 Å². The molecule has 4 nitrogen and oxygen atoms in total. The van der Waals surface area contributed by atoms with E-state index in [9.17, 15) is 0 Å². The summed E-state index contributed by atoms with van der Waals surface area (Å²) >= 11 is 0. The van der Waals surface area contributed by atoms with Gasteiger partial charge in [-0.25, -0.2) is 0 Å². The molecule has 2 aromatic rings. The topological polar surface area (TPSA) is 42.5 Å². The van der Waals surface area contributed by atoms with Crippen molar-refractivity contribution in [3.63, 3.8) is 0 Å². The lowest BCUT2D eigenvalue weighted by molar-refractivity contribution is -0.607. The van der Waals surface area contributed by atoms with Crippen LogP contribution >= 0.6 is 0 Å². The van der Waals surface area contributed by atoms with Crippen LogP contribution in [0.3, 0.4) is 0 Å². The second-order valence-corrected chi connectivity index (χ2v) is 2.21. The standard InChI is InChI=1S/C8H7N4/c1-4-10-8(11-5-1)12-6-2-3-9-7-12/h1-7H/q+1. The number of rotatable bonds is 1. The lowest BCUT2D eigenvalue weighted by atomic mass is 10.6. The maximum Gasteiger partial charge on any atom is 0.388 e. The summed E-state index contributed by atoms with van der Waals surface area (Å²) in [5, 5.41) is 0. The summed E-state index contributed by atoms with van der Waals surface area (Å²) in [6.45, 7) is 0. The van der Waals surface area contributed by atoms with Gasteiger partial charge in [0.15, 0.2) is 6.33 Å². The highest BCUT2D eigenvalue weighted by molar-refractivity contribution is 4.93. The predicted octanol–water partition coefficient (Wildman–Crippen LogP) is 0.148. The molecule has 0 atom stereocenters. The van der Waals surface area contributed by atoms with E-state index in [1.807, 2.05) is 12.3 Å². The van der Waals surface area contributed by atoms with Crippen molar-refractivity contribution in [2.24, 2.45) is 0 Å². The Labute approximate surface area is 69.6 Å². The van der Waals surface area contributed by atoms with Gasteiger partial charge in [-0.2, -0.15) is 9.55 Å². The highest BCUT2D eigenvalue weighted by Gasteiger charge is 2.02. The summed E-state index contributed by atoms with van der Waals surface area (Å²) < 4.78 is 1.75. The van der Waals surface area contributed by atoms with E-state index in [1.54, 1.807) is 35.6 Å². The van der Waals surface area contributed by atoms with Crippen LogP contribution < -0.4 is 4.57 Å². The molecule has 0 fully saturated rings. The molecule has 2 rings (SSSR count). The Hall–Kier alpha value is -1.84. The van der Waals surface area contributed by atoms with Crippen LogP contribution in [-0.4, -0.2) is 15.0 Å². The number of aromatic nitrogens is 4. The summed E-state index contributed by atoms with van der Waals surface area (Å²) in [5.41, 5.74) is 0. The van der Waals surface area contributed by atoms with Gasteiger partial charge in [0, 0.05) is 0 Å². The smallest absolute Gasteiger partial charge is 0.200 e. The summed E-state index contributed by atoms with van der Waals surface area (Å²) in [4.78, 5) is 12.1. The van der Waals surface area contributed by atoms with Crippen molar-refractivity contribution < 1.29 is 4.57 Å². The Morgan fingerprint density at radius 1 is 1.00 bits per heavy atom. The van der Waals surface area contributed by atoms with E-state index in [0.29, 0.717) is 5.95 Å². The van der Waals surface area contributed by atoms with E-state index < -0.39 is 0 Å². The zero-order valence-corrected chi connectivity index (χ0v) is 6.33. The number of hydrogen-bond acceptors (Lipinski definition) is 3. The highest BCUT2D eigenvalue weighted by Crippen LogP contribution is 1.84. The maximum atomic E-state index is 4.06. The van der Waals surface area contributed by atoms with Gasteiger partial charge >= 0.3 is 5.95 Å². The van der Waals surface area contributed by atoms with Gasteiger partial charge in [0.1, 0.15) is 0 Å². The molecule has 58 valence electrons. The number of nitrogens with zero attached hydrogens (tertiary/aromatic N) is 4. The summed E-state index contributed by atoms with van der Waals surface area (Å²) in [6.07, 6.45) is 8.61. The molecule has 0 amide bonds. The Morgan fingerprint density at radius 3 is 2.50 bits per heavy atom. The predicted molar refractivity (Wildman–Crippen MR) is 41.4 cm³/mol. The third-order valence-electron chi connectivity index (χ3n) is 1.39. The average Bonchev–Trinajstić information content (AvgIpc) is 2.21. The first-order valence-corrected chi connectivity index (χ1v) is 3.55. The molecule has 12 heavy (non-hydrogen) atoms. The van der Waals surface area contributed by atoms with Gasteiger partial charge in [-0.05, 0) is 12.1 Å². The minimum absolute atomic E-state index is 0.630. The fourth-order valence-electron chi connectivity index (χ4n) is 0.873. The molecule has 2 aromatic heterocycles. The molecular formula is C8H7N4+. The van der Waals surface area contributed by atoms with Gasteiger partial charge in [-0.3, -0.25) is 0 Å². The quantitative estimate of drug-likeness (QED) is 0.556. The molecule has 0 aliphatic carbocycles. The first kappa shape index (κ1) is 6.84. The molecule has 4 heteroatoms. The Bertz CT molecular complexity index is 308. The van der Waals surface area contributed by atoms with E-state index in [4.69, 9.17) is 0 Å².